The van der Waals surface area contributed by atoms with Crippen LogP contribution in [0, 0.1) is 12.7 Å². The number of halogens is 1. The summed E-state index contributed by atoms with van der Waals surface area (Å²) in [4.78, 5) is 30.6. The van der Waals surface area contributed by atoms with Crippen LogP contribution in [0.5, 0.6) is 0 Å². The molecule has 2 aromatic heterocycles. The molecule has 5 nitrogen and oxygen atoms in total. The molecule has 0 aliphatic rings. The molecule has 0 radical (unpaired) electrons. The quantitative estimate of drug-likeness (QED) is 0.747. The maximum absolute atomic E-state index is 13.6. The number of aromatic nitrogens is 2. The van der Waals surface area contributed by atoms with E-state index in [-0.39, 0.29) is 17.3 Å². The number of fused-ring (bicyclic) bond motifs is 1. The molecule has 1 amide bonds. The fourth-order valence-electron chi connectivity index (χ4n) is 3.02. The first-order valence-electron chi connectivity index (χ1n) is 8.52. The Bertz CT molecular complexity index is 1040. The lowest BCUT2D eigenvalue weighted by atomic mass is 10.0. The molecule has 0 bridgehead atoms. The van der Waals surface area contributed by atoms with Crippen molar-refractivity contribution in [1.29, 1.82) is 0 Å². The predicted molar refractivity (Wildman–Crippen MR) is 101 cm³/mol. The van der Waals surface area contributed by atoms with Crippen molar-refractivity contribution in [1.82, 2.24) is 14.7 Å². The number of hydrogen-bond donors (Lipinski definition) is 1. The van der Waals surface area contributed by atoms with Crippen LogP contribution in [0.1, 0.15) is 46.0 Å². The van der Waals surface area contributed by atoms with E-state index in [0.717, 1.165) is 22.4 Å². The molecule has 0 aliphatic heterocycles. The van der Waals surface area contributed by atoms with Gasteiger partial charge in [-0.2, -0.15) is 0 Å². The van der Waals surface area contributed by atoms with E-state index in [9.17, 15) is 14.0 Å². The smallest absolute Gasteiger partial charge is 0.269 e. The minimum atomic E-state index is -0.305. The number of rotatable bonds is 5. The standard InChI is InChI=1S/C19H20FN3O2S/c1-4-12-6-7-14(20)8-13(12)9-15-10-16(24)23-17(18(25)21-5-2)11(3)26-19(23)22-15/h6-8,10H,4-5,9H2,1-3H3,(H,21,25). The lowest BCUT2D eigenvalue weighted by Gasteiger charge is -2.08. The van der Waals surface area contributed by atoms with Gasteiger partial charge in [0, 0.05) is 23.9 Å². The first-order chi connectivity index (χ1) is 12.4. The van der Waals surface area contributed by atoms with Crippen molar-refractivity contribution in [2.24, 2.45) is 0 Å². The van der Waals surface area contributed by atoms with E-state index in [1.807, 2.05) is 13.8 Å². The van der Waals surface area contributed by atoms with E-state index in [4.69, 9.17) is 0 Å². The minimum absolute atomic E-state index is 0.286. The Kier molecular flexibility index (Phi) is 5.18. The number of nitrogens with one attached hydrogen (secondary N) is 1. The first kappa shape index (κ1) is 18.3. The van der Waals surface area contributed by atoms with Crippen molar-refractivity contribution in [2.45, 2.75) is 33.6 Å². The Balaban J connectivity index is 2.07. The molecular formula is C19H20FN3O2S. The molecule has 7 heteroatoms. The molecule has 2 heterocycles. The number of thiazole rings is 1. The van der Waals surface area contributed by atoms with E-state index in [2.05, 4.69) is 10.3 Å². The minimum Gasteiger partial charge on any atom is -0.351 e. The van der Waals surface area contributed by atoms with Gasteiger partial charge in [0.05, 0.1) is 5.69 Å². The molecule has 1 aromatic carbocycles. The summed E-state index contributed by atoms with van der Waals surface area (Å²) >= 11 is 1.30. The van der Waals surface area contributed by atoms with Gasteiger partial charge in [0.25, 0.3) is 11.5 Å². The van der Waals surface area contributed by atoms with Gasteiger partial charge in [0.2, 0.25) is 0 Å². The molecule has 0 atom stereocenters. The maximum atomic E-state index is 13.6. The summed E-state index contributed by atoms with van der Waals surface area (Å²) in [5.74, 6) is -0.591. The molecule has 0 aliphatic carbocycles. The summed E-state index contributed by atoms with van der Waals surface area (Å²) in [6, 6.07) is 6.11. The Labute approximate surface area is 154 Å². The maximum Gasteiger partial charge on any atom is 0.269 e. The number of nitrogens with zero attached hydrogens (tertiary/aromatic N) is 2. The average molecular weight is 373 g/mol. The summed E-state index contributed by atoms with van der Waals surface area (Å²) in [5.41, 5.74) is 2.44. The summed E-state index contributed by atoms with van der Waals surface area (Å²) in [6.45, 7) is 6.11. The second kappa shape index (κ2) is 7.37. The molecular weight excluding hydrogens is 353 g/mol. The van der Waals surface area contributed by atoms with Gasteiger partial charge in [-0.25, -0.2) is 13.8 Å². The number of amides is 1. The topological polar surface area (TPSA) is 63.5 Å². The summed E-state index contributed by atoms with van der Waals surface area (Å²) in [5, 5.41) is 2.72. The zero-order chi connectivity index (χ0) is 18.8. The zero-order valence-electron chi connectivity index (χ0n) is 14.9. The fourth-order valence-corrected chi connectivity index (χ4v) is 4.01. The normalized spacial score (nSPS) is 11.1. The number of carbonyl (C=O) groups is 1. The monoisotopic (exact) mass is 373 g/mol. The van der Waals surface area contributed by atoms with Crippen molar-refractivity contribution in [3.63, 3.8) is 0 Å². The van der Waals surface area contributed by atoms with Gasteiger partial charge < -0.3 is 5.32 Å². The van der Waals surface area contributed by atoms with Crippen LogP contribution in [0.15, 0.2) is 29.1 Å². The van der Waals surface area contributed by atoms with E-state index in [1.165, 1.54) is 33.9 Å². The highest BCUT2D eigenvalue weighted by Gasteiger charge is 2.19. The predicted octanol–water partition coefficient (Wildman–Crippen LogP) is 3.11. The number of aryl methyl sites for hydroxylation is 2. The van der Waals surface area contributed by atoms with Gasteiger partial charge in [-0.3, -0.25) is 9.59 Å². The summed E-state index contributed by atoms with van der Waals surface area (Å²) in [7, 11) is 0. The van der Waals surface area contributed by atoms with Gasteiger partial charge in [0.1, 0.15) is 11.5 Å². The molecule has 0 spiro atoms. The van der Waals surface area contributed by atoms with Gasteiger partial charge in [-0.05, 0) is 43.5 Å². The SMILES string of the molecule is CCNC(=O)c1c(C)sc2nc(Cc3cc(F)ccc3CC)cc(=O)n12. The van der Waals surface area contributed by atoms with Gasteiger partial charge in [-0.15, -0.1) is 11.3 Å². The molecule has 26 heavy (non-hydrogen) atoms. The molecule has 3 rings (SSSR count). The lowest BCUT2D eigenvalue weighted by molar-refractivity contribution is 0.0949. The average Bonchev–Trinajstić information content (AvgIpc) is 2.92. The van der Waals surface area contributed by atoms with E-state index in [1.54, 1.807) is 13.0 Å². The molecule has 0 saturated carbocycles. The Morgan fingerprint density at radius 1 is 1.27 bits per heavy atom. The number of carbonyl (C=O) groups excluding carboxylic acids is 1. The fraction of sp³-hybridized carbons (Fsp3) is 0.316. The van der Waals surface area contributed by atoms with Gasteiger partial charge in [0.15, 0.2) is 4.96 Å². The molecule has 0 unspecified atom stereocenters. The van der Waals surface area contributed by atoms with Crippen LogP contribution in [-0.4, -0.2) is 21.8 Å². The second-order valence-corrected chi connectivity index (χ2v) is 7.20. The Morgan fingerprint density at radius 3 is 2.73 bits per heavy atom. The molecule has 136 valence electrons. The second-order valence-electron chi connectivity index (χ2n) is 6.01. The third kappa shape index (κ3) is 3.39. The van der Waals surface area contributed by atoms with Crippen LogP contribution in [0.4, 0.5) is 4.39 Å². The molecule has 0 saturated heterocycles. The van der Waals surface area contributed by atoms with Crippen molar-refractivity contribution in [3.8, 4) is 0 Å². The highest BCUT2D eigenvalue weighted by molar-refractivity contribution is 7.17. The van der Waals surface area contributed by atoms with Crippen molar-refractivity contribution < 1.29 is 9.18 Å². The highest BCUT2D eigenvalue weighted by Crippen LogP contribution is 2.21. The number of benzene rings is 1. The summed E-state index contributed by atoms with van der Waals surface area (Å²) < 4.78 is 15.0. The summed E-state index contributed by atoms with van der Waals surface area (Å²) in [6.07, 6.45) is 1.15. The third-order valence-corrected chi connectivity index (χ3v) is 5.17. The van der Waals surface area contributed by atoms with Crippen LogP contribution in [0.25, 0.3) is 4.96 Å². The van der Waals surface area contributed by atoms with Crippen molar-refractivity contribution >= 4 is 22.2 Å². The number of hydrogen-bond acceptors (Lipinski definition) is 4. The van der Waals surface area contributed by atoms with E-state index < -0.39 is 0 Å². The lowest BCUT2D eigenvalue weighted by Crippen LogP contribution is -2.28. The Hall–Kier alpha value is -2.54. The third-order valence-electron chi connectivity index (χ3n) is 4.22. The highest BCUT2D eigenvalue weighted by atomic mass is 32.1. The van der Waals surface area contributed by atoms with Gasteiger partial charge in [-0.1, -0.05) is 13.0 Å². The van der Waals surface area contributed by atoms with E-state index >= 15 is 0 Å². The molecule has 3 aromatic rings. The van der Waals surface area contributed by atoms with Crippen LogP contribution in [-0.2, 0) is 12.8 Å². The van der Waals surface area contributed by atoms with E-state index in [0.29, 0.717) is 29.3 Å². The first-order valence-corrected chi connectivity index (χ1v) is 9.33. The largest absolute Gasteiger partial charge is 0.351 e. The molecule has 0 fully saturated rings. The van der Waals surface area contributed by atoms with Crippen LogP contribution >= 0.6 is 11.3 Å². The Morgan fingerprint density at radius 2 is 2.04 bits per heavy atom. The van der Waals surface area contributed by atoms with Crippen LogP contribution < -0.4 is 10.9 Å². The molecule has 1 N–H and O–H groups in total. The van der Waals surface area contributed by atoms with Crippen LogP contribution in [0.3, 0.4) is 0 Å². The van der Waals surface area contributed by atoms with Gasteiger partial charge >= 0.3 is 0 Å². The zero-order valence-corrected chi connectivity index (χ0v) is 15.7. The van der Waals surface area contributed by atoms with Crippen LogP contribution in [0.2, 0.25) is 0 Å². The van der Waals surface area contributed by atoms with Crippen molar-refractivity contribution in [2.75, 3.05) is 6.54 Å². The van der Waals surface area contributed by atoms with Crippen molar-refractivity contribution in [3.05, 3.63) is 67.8 Å².